The minimum Gasteiger partial charge on any atom is -0.207 e. The van der Waals surface area contributed by atoms with Gasteiger partial charge in [-0.1, -0.05) is 25.3 Å². The molecule has 1 aliphatic carbocycles. The van der Waals surface area contributed by atoms with Gasteiger partial charge in [-0.2, -0.15) is 0 Å². The van der Waals surface area contributed by atoms with Gasteiger partial charge < -0.3 is 0 Å². The molecule has 1 aliphatic rings. The third-order valence-electron chi connectivity index (χ3n) is 4.10. The van der Waals surface area contributed by atoms with Crippen LogP contribution in [0.4, 0.5) is 4.39 Å². The van der Waals surface area contributed by atoms with Gasteiger partial charge in [-0.25, -0.2) is 17.1 Å². The number of halogens is 2. The van der Waals surface area contributed by atoms with Crippen molar-refractivity contribution in [3.63, 3.8) is 0 Å². The summed E-state index contributed by atoms with van der Waals surface area (Å²) in [5.74, 6) is -0.119. The van der Waals surface area contributed by atoms with E-state index in [4.69, 9.17) is 11.6 Å². The van der Waals surface area contributed by atoms with Gasteiger partial charge in [0.05, 0.1) is 4.90 Å². The van der Waals surface area contributed by atoms with E-state index >= 15 is 0 Å². The van der Waals surface area contributed by atoms with Crippen molar-refractivity contribution >= 4 is 21.6 Å². The van der Waals surface area contributed by atoms with Crippen molar-refractivity contribution in [2.45, 2.75) is 42.9 Å². The maximum Gasteiger partial charge on any atom is 0.243 e. The largest absolute Gasteiger partial charge is 0.243 e. The average Bonchev–Trinajstić information content (AvgIpc) is 2.48. The highest BCUT2D eigenvalue weighted by Gasteiger charge is 2.27. The second kappa shape index (κ2) is 7.07. The molecule has 0 bridgehead atoms. The zero-order chi connectivity index (χ0) is 15.5. The molecule has 0 spiro atoms. The van der Waals surface area contributed by atoms with Crippen LogP contribution in [-0.4, -0.2) is 26.3 Å². The Hall–Kier alpha value is -0.650. The molecule has 0 atom stereocenters. The van der Waals surface area contributed by atoms with Gasteiger partial charge in [-0.05, 0) is 36.5 Å². The van der Waals surface area contributed by atoms with Gasteiger partial charge in [0.1, 0.15) is 5.82 Å². The summed E-state index contributed by atoms with van der Waals surface area (Å²) < 4.78 is 40.0. The van der Waals surface area contributed by atoms with Crippen molar-refractivity contribution in [2.75, 3.05) is 13.6 Å². The van der Waals surface area contributed by atoms with Crippen LogP contribution in [0.15, 0.2) is 23.1 Å². The van der Waals surface area contributed by atoms with E-state index in [1.807, 2.05) is 0 Å². The van der Waals surface area contributed by atoms with Crippen LogP contribution in [0.25, 0.3) is 0 Å². The van der Waals surface area contributed by atoms with Crippen molar-refractivity contribution < 1.29 is 12.8 Å². The predicted molar refractivity (Wildman–Crippen MR) is 82.3 cm³/mol. The molecule has 2 rings (SSSR count). The Labute approximate surface area is 131 Å². The van der Waals surface area contributed by atoms with Crippen LogP contribution in [-0.2, 0) is 15.9 Å². The number of nitrogens with zero attached hydrogens (tertiary/aromatic N) is 1. The normalized spacial score (nSPS) is 17.3. The number of benzene rings is 1. The number of hydrogen-bond donors (Lipinski definition) is 0. The summed E-state index contributed by atoms with van der Waals surface area (Å²) >= 11 is 5.78. The molecule has 0 unspecified atom stereocenters. The highest BCUT2D eigenvalue weighted by Crippen LogP contribution is 2.27. The smallest absolute Gasteiger partial charge is 0.207 e. The van der Waals surface area contributed by atoms with Crippen molar-refractivity contribution in [3.8, 4) is 0 Å². The first-order valence-corrected chi connectivity index (χ1v) is 9.23. The highest BCUT2D eigenvalue weighted by molar-refractivity contribution is 7.89. The molecular formula is C15H21ClFNO2S. The number of sulfonamides is 1. The lowest BCUT2D eigenvalue weighted by Crippen LogP contribution is -2.33. The van der Waals surface area contributed by atoms with Gasteiger partial charge in [-0.3, -0.25) is 0 Å². The Morgan fingerprint density at radius 2 is 1.95 bits per heavy atom. The fraction of sp³-hybridized carbons (Fsp3) is 0.600. The molecule has 0 saturated heterocycles. The lowest BCUT2D eigenvalue weighted by molar-refractivity contribution is 0.300. The Morgan fingerprint density at radius 1 is 1.29 bits per heavy atom. The van der Waals surface area contributed by atoms with Crippen LogP contribution in [0.2, 0.25) is 0 Å². The van der Waals surface area contributed by atoms with Crippen LogP contribution < -0.4 is 0 Å². The summed E-state index contributed by atoms with van der Waals surface area (Å²) in [7, 11) is -2.13. The van der Waals surface area contributed by atoms with E-state index in [2.05, 4.69) is 0 Å². The Kier molecular flexibility index (Phi) is 5.63. The van der Waals surface area contributed by atoms with E-state index in [1.165, 1.54) is 22.9 Å². The molecule has 21 heavy (non-hydrogen) atoms. The minimum atomic E-state index is -3.69. The molecule has 0 amide bonds. The first-order chi connectivity index (χ1) is 9.95. The van der Waals surface area contributed by atoms with Crippen molar-refractivity contribution in [2.24, 2.45) is 5.92 Å². The summed E-state index contributed by atoms with van der Waals surface area (Å²) in [6.07, 6.45) is 5.67. The summed E-state index contributed by atoms with van der Waals surface area (Å²) in [6.45, 7) is 0.487. The molecule has 6 heteroatoms. The first-order valence-electron chi connectivity index (χ1n) is 7.26. The molecule has 0 aromatic heterocycles. The van der Waals surface area contributed by atoms with Gasteiger partial charge in [0.2, 0.25) is 10.0 Å². The third kappa shape index (κ3) is 3.96. The number of alkyl halides is 1. The van der Waals surface area contributed by atoms with E-state index in [0.29, 0.717) is 18.0 Å². The standard InChI is InChI=1S/C15H21ClFNO2S/c1-18(11-12-5-3-2-4-6-12)21(19,20)15-9-14(17)8-7-13(15)10-16/h7-9,12H,2-6,10-11H2,1H3. The molecule has 118 valence electrons. The number of rotatable bonds is 5. The summed E-state index contributed by atoms with van der Waals surface area (Å²) in [5.41, 5.74) is 0.438. The Bertz CT molecular complexity index is 585. The molecular weight excluding hydrogens is 313 g/mol. The van der Waals surface area contributed by atoms with Gasteiger partial charge in [0, 0.05) is 19.5 Å². The van der Waals surface area contributed by atoms with E-state index in [-0.39, 0.29) is 10.8 Å². The van der Waals surface area contributed by atoms with Gasteiger partial charge in [0.25, 0.3) is 0 Å². The molecule has 0 N–H and O–H groups in total. The minimum absolute atomic E-state index is 0.0178. The van der Waals surface area contributed by atoms with Crippen LogP contribution in [0.1, 0.15) is 37.7 Å². The fourth-order valence-electron chi connectivity index (χ4n) is 2.88. The van der Waals surface area contributed by atoms with Gasteiger partial charge >= 0.3 is 0 Å². The van der Waals surface area contributed by atoms with Crippen molar-refractivity contribution in [1.29, 1.82) is 0 Å². The monoisotopic (exact) mass is 333 g/mol. The van der Waals surface area contributed by atoms with Gasteiger partial charge in [0.15, 0.2) is 0 Å². The summed E-state index contributed by atoms with van der Waals surface area (Å²) in [6, 6.07) is 3.73. The predicted octanol–water partition coefficient (Wildman–Crippen LogP) is 3.77. The molecule has 0 radical (unpaired) electrons. The maximum atomic E-state index is 13.4. The summed E-state index contributed by atoms with van der Waals surface area (Å²) in [5, 5.41) is 0. The zero-order valence-electron chi connectivity index (χ0n) is 12.2. The lowest BCUT2D eigenvalue weighted by atomic mass is 9.89. The van der Waals surface area contributed by atoms with E-state index in [1.54, 1.807) is 7.05 Å². The quantitative estimate of drug-likeness (QED) is 0.769. The molecule has 0 aliphatic heterocycles. The van der Waals surface area contributed by atoms with Crippen molar-refractivity contribution in [3.05, 3.63) is 29.6 Å². The molecule has 1 fully saturated rings. The second-order valence-electron chi connectivity index (χ2n) is 5.68. The van der Waals surface area contributed by atoms with Gasteiger partial charge in [-0.15, -0.1) is 11.6 Å². The number of hydrogen-bond acceptors (Lipinski definition) is 2. The van der Waals surface area contributed by atoms with Crippen LogP contribution >= 0.6 is 11.6 Å². The Morgan fingerprint density at radius 3 is 2.57 bits per heavy atom. The third-order valence-corrected chi connectivity index (χ3v) is 6.29. The molecule has 1 aromatic rings. The van der Waals surface area contributed by atoms with E-state index < -0.39 is 15.8 Å². The maximum absolute atomic E-state index is 13.4. The molecule has 0 heterocycles. The zero-order valence-corrected chi connectivity index (χ0v) is 13.8. The Balaban J connectivity index is 2.22. The molecule has 3 nitrogen and oxygen atoms in total. The first kappa shape index (κ1) is 16.7. The van der Waals surface area contributed by atoms with E-state index in [0.717, 1.165) is 31.7 Å². The summed E-state index contributed by atoms with van der Waals surface area (Å²) in [4.78, 5) is -0.0178. The van der Waals surface area contributed by atoms with Crippen molar-refractivity contribution in [1.82, 2.24) is 4.31 Å². The topological polar surface area (TPSA) is 37.4 Å². The van der Waals surface area contributed by atoms with E-state index in [9.17, 15) is 12.8 Å². The SMILES string of the molecule is CN(CC1CCCCC1)S(=O)(=O)c1cc(F)ccc1CCl. The average molecular weight is 334 g/mol. The highest BCUT2D eigenvalue weighted by atomic mass is 35.5. The lowest BCUT2D eigenvalue weighted by Gasteiger charge is -2.27. The van der Waals surface area contributed by atoms with Crippen LogP contribution in [0.3, 0.4) is 0 Å². The molecule has 1 saturated carbocycles. The van der Waals surface area contributed by atoms with Crippen LogP contribution in [0, 0.1) is 11.7 Å². The second-order valence-corrected chi connectivity index (χ2v) is 7.96. The molecule has 1 aromatic carbocycles. The van der Waals surface area contributed by atoms with Crippen LogP contribution in [0.5, 0.6) is 0 Å². The fourth-order valence-corrected chi connectivity index (χ4v) is 4.67.